The standard InChI is InChI=1S/C26H26F9N3O3/c1-5-17-18(9-15(10-19(17)27)22-36-37-23(41-22)21(28)29)20(39)14(4)8-16-11-40-7-6-38(16)12-24(30,13(2)3)25(31,32)26(33,34)35/h9-10,16,21H,2,4-8,11-12H2,1,3H3. The molecule has 15 heteroatoms. The van der Waals surface area contributed by atoms with Crippen LogP contribution in [0.3, 0.4) is 0 Å². The van der Waals surface area contributed by atoms with Gasteiger partial charge in [0, 0.05) is 30.3 Å². The SMILES string of the molecule is C=C(CC1COCCN1CC(F)(C(=C)C)C(F)(F)C(F)(F)F)C(=O)c1cc(-c2nnc(C(F)F)o2)cc(F)c1CC. The first-order valence-corrected chi connectivity index (χ1v) is 12.2. The number of ketones is 1. The molecule has 1 aromatic carbocycles. The molecule has 0 saturated carbocycles. The molecule has 0 amide bonds. The van der Waals surface area contributed by atoms with E-state index >= 15 is 4.39 Å². The summed E-state index contributed by atoms with van der Waals surface area (Å²) in [6.45, 7) is 6.93. The fraction of sp³-hybridized carbons (Fsp3) is 0.500. The molecule has 1 aliphatic heterocycles. The van der Waals surface area contributed by atoms with Crippen LogP contribution in [0.4, 0.5) is 39.5 Å². The second-order valence-electron chi connectivity index (χ2n) is 9.57. The number of morpholine rings is 1. The first-order valence-electron chi connectivity index (χ1n) is 12.2. The molecule has 3 rings (SSSR count). The Kier molecular flexibility index (Phi) is 9.43. The van der Waals surface area contributed by atoms with Crippen LogP contribution in [-0.2, 0) is 11.2 Å². The molecule has 0 radical (unpaired) electrons. The zero-order valence-electron chi connectivity index (χ0n) is 21.9. The maximum Gasteiger partial charge on any atom is 0.457 e. The number of benzene rings is 1. The Balaban J connectivity index is 1.90. The van der Waals surface area contributed by atoms with Crippen molar-refractivity contribution in [3.63, 3.8) is 0 Å². The lowest BCUT2D eigenvalue weighted by atomic mass is 9.87. The van der Waals surface area contributed by atoms with Crippen LogP contribution in [0.5, 0.6) is 0 Å². The number of rotatable bonds is 11. The second-order valence-corrected chi connectivity index (χ2v) is 9.57. The van der Waals surface area contributed by atoms with Gasteiger partial charge in [-0.1, -0.05) is 20.1 Å². The zero-order chi connectivity index (χ0) is 30.9. The summed E-state index contributed by atoms with van der Waals surface area (Å²) in [4.78, 5) is 14.4. The minimum Gasteiger partial charge on any atom is -0.415 e. The van der Waals surface area contributed by atoms with E-state index in [-0.39, 0.29) is 54.9 Å². The highest BCUT2D eigenvalue weighted by Gasteiger charge is 2.72. The van der Waals surface area contributed by atoms with Crippen molar-refractivity contribution in [3.8, 4) is 11.5 Å². The molecule has 0 N–H and O–H groups in total. The van der Waals surface area contributed by atoms with Gasteiger partial charge in [0.15, 0.2) is 5.78 Å². The van der Waals surface area contributed by atoms with Gasteiger partial charge in [-0.05, 0) is 48.6 Å². The normalized spacial score (nSPS) is 18.4. The molecule has 1 aliphatic rings. The van der Waals surface area contributed by atoms with Gasteiger partial charge >= 0.3 is 18.5 Å². The molecule has 2 heterocycles. The van der Waals surface area contributed by atoms with Gasteiger partial charge in [0.2, 0.25) is 11.6 Å². The van der Waals surface area contributed by atoms with Crippen LogP contribution in [0.2, 0.25) is 0 Å². The Hall–Kier alpha value is -3.20. The average Bonchev–Trinajstić information content (AvgIpc) is 3.39. The molecule has 41 heavy (non-hydrogen) atoms. The monoisotopic (exact) mass is 599 g/mol. The molecule has 1 fully saturated rings. The Morgan fingerprint density at radius 1 is 1.15 bits per heavy atom. The lowest BCUT2D eigenvalue weighted by Crippen LogP contribution is -2.62. The van der Waals surface area contributed by atoms with E-state index in [1.165, 1.54) is 6.92 Å². The third kappa shape index (κ3) is 6.35. The molecule has 2 atom stereocenters. The lowest BCUT2D eigenvalue weighted by Gasteiger charge is -2.43. The van der Waals surface area contributed by atoms with Crippen molar-refractivity contribution in [2.45, 2.75) is 56.9 Å². The fourth-order valence-corrected chi connectivity index (χ4v) is 4.42. The van der Waals surface area contributed by atoms with Gasteiger partial charge in [-0.2, -0.15) is 30.7 Å². The number of ether oxygens (including phenoxy) is 1. The lowest BCUT2D eigenvalue weighted by molar-refractivity contribution is -0.323. The summed E-state index contributed by atoms with van der Waals surface area (Å²) < 4.78 is 134. The highest BCUT2D eigenvalue weighted by molar-refractivity contribution is 6.09. The van der Waals surface area contributed by atoms with Crippen molar-refractivity contribution in [1.82, 2.24) is 15.1 Å². The predicted molar refractivity (Wildman–Crippen MR) is 128 cm³/mol. The van der Waals surface area contributed by atoms with E-state index in [1.807, 2.05) is 0 Å². The topological polar surface area (TPSA) is 68.5 Å². The maximum atomic E-state index is 15.5. The van der Waals surface area contributed by atoms with Crippen molar-refractivity contribution < 1.29 is 53.5 Å². The van der Waals surface area contributed by atoms with E-state index in [9.17, 15) is 39.9 Å². The van der Waals surface area contributed by atoms with Crippen LogP contribution < -0.4 is 0 Å². The minimum atomic E-state index is -6.21. The van der Waals surface area contributed by atoms with E-state index < -0.39 is 65.7 Å². The number of carbonyl (C=O) groups is 1. The molecule has 2 unspecified atom stereocenters. The summed E-state index contributed by atoms with van der Waals surface area (Å²) in [5.41, 5.74) is -5.96. The van der Waals surface area contributed by atoms with Crippen LogP contribution in [0.1, 0.15) is 48.5 Å². The Bertz CT molecular complexity index is 1310. The largest absolute Gasteiger partial charge is 0.457 e. The van der Waals surface area contributed by atoms with E-state index in [1.54, 1.807) is 0 Å². The van der Waals surface area contributed by atoms with Crippen LogP contribution in [0.25, 0.3) is 11.5 Å². The molecule has 0 spiro atoms. The van der Waals surface area contributed by atoms with E-state index in [0.29, 0.717) is 0 Å². The third-order valence-corrected chi connectivity index (χ3v) is 6.77. The number of carbonyl (C=O) groups excluding carboxylic acids is 1. The number of hydrogen-bond acceptors (Lipinski definition) is 6. The number of halogens is 9. The van der Waals surface area contributed by atoms with E-state index in [2.05, 4.69) is 23.4 Å². The Labute approximate surface area is 228 Å². The maximum absolute atomic E-state index is 15.5. The molecule has 1 saturated heterocycles. The van der Waals surface area contributed by atoms with Crippen molar-refractivity contribution in [1.29, 1.82) is 0 Å². The summed E-state index contributed by atoms with van der Waals surface area (Å²) in [5, 5.41) is 6.60. The summed E-state index contributed by atoms with van der Waals surface area (Å²) in [6, 6.07) is 0.989. The molecule has 226 valence electrons. The molecule has 1 aromatic heterocycles. The molecular formula is C26H26F9N3O3. The molecule has 0 aliphatic carbocycles. The zero-order valence-corrected chi connectivity index (χ0v) is 21.9. The first kappa shape index (κ1) is 32.3. The van der Waals surface area contributed by atoms with Gasteiger partial charge in [-0.25, -0.2) is 8.78 Å². The average molecular weight is 599 g/mol. The van der Waals surface area contributed by atoms with Crippen molar-refractivity contribution >= 4 is 5.78 Å². The number of Topliss-reactive ketones (excluding diaryl/α,β-unsaturated/α-hetero) is 1. The van der Waals surface area contributed by atoms with Crippen LogP contribution in [-0.4, -0.2) is 71.0 Å². The predicted octanol–water partition coefficient (Wildman–Crippen LogP) is 6.69. The van der Waals surface area contributed by atoms with Gasteiger partial charge in [0.1, 0.15) is 5.82 Å². The van der Waals surface area contributed by atoms with Crippen LogP contribution in [0.15, 0.2) is 40.9 Å². The van der Waals surface area contributed by atoms with Crippen molar-refractivity contribution in [3.05, 3.63) is 59.3 Å². The number of alkyl halides is 8. The van der Waals surface area contributed by atoms with Gasteiger partial charge < -0.3 is 9.15 Å². The number of nitrogens with zero attached hydrogens (tertiary/aromatic N) is 3. The summed E-state index contributed by atoms with van der Waals surface area (Å²) in [5.74, 6) is -9.01. The highest BCUT2D eigenvalue weighted by Crippen LogP contribution is 2.49. The van der Waals surface area contributed by atoms with Gasteiger partial charge in [-0.3, -0.25) is 9.69 Å². The molecule has 2 aromatic rings. The number of aromatic nitrogens is 2. The molecular weight excluding hydrogens is 573 g/mol. The second kappa shape index (κ2) is 12.0. The van der Waals surface area contributed by atoms with E-state index in [4.69, 9.17) is 9.15 Å². The quantitative estimate of drug-likeness (QED) is 0.124. The van der Waals surface area contributed by atoms with Gasteiger partial charge in [0.25, 0.3) is 5.89 Å². The van der Waals surface area contributed by atoms with Gasteiger partial charge in [-0.15, -0.1) is 10.2 Å². The number of hydrogen-bond donors (Lipinski definition) is 0. The molecule has 6 nitrogen and oxygen atoms in total. The highest BCUT2D eigenvalue weighted by atomic mass is 19.4. The molecule has 0 bridgehead atoms. The van der Waals surface area contributed by atoms with Crippen LogP contribution in [0, 0.1) is 5.82 Å². The van der Waals surface area contributed by atoms with E-state index in [0.717, 1.165) is 24.0 Å². The first-order chi connectivity index (χ1) is 18.9. The van der Waals surface area contributed by atoms with Gasteiger partial charge in [0.05, 0.1) is 13.2 Å². The van der Waals surface area contributed by atoms with Crippen LogP contribution >= 0.6 is 0 Å². The summed E-state index contributed by atoms with van der Waals surface area (Å²) in [6.07, 6.45) is -9.65. The Morgan fingerprint density at radius 3 is 2.34 bits per heavy atom. The van der Waals surface area contributed by atoms with Crippen molar-refractivity contribution in [2.24, 2.45) is 0 Å². The summed E-state index contributed by atoms with van der Waals surface area (Å²) >= 11 is 0. The summed E-state index contributed by atoms with van der Waals surface area (Å²) in [7, 11) is 0. The third-order valence-electron chi connectivity index (χ3n) is 6.77. The Morgan fingerprint density at radius 2 is 1.80 bits per heavy atom. The minimum absolute atomic E-state index is 0.0146. The smallest absolute Gasteiger partial charge is 0.415 e. The fourth-order valence-electron chi connectivity index (χ4n) is 4.42. The van der Waals surface area contributed by atoms with Crippen molar-refractivity contribution in [2.75, 3.05) is 26.3 Å².